The summed E-state index contributed by atoms with van der Waals surface area (Å²) >= 11 is 5.98. The van der Waals surface area contributed by atoms with Gasteiger partial charge in [0.05, 0.1) is 6.54 Å². The van der Waals surface area contributed by atoms with E-state index in [-0.39, 0.29) is 5.91 Å². The van der Waals surface area contributed by atoms with E-state index in [4.69, 9.17) is 11.6 Å². The second-order valence-corrected chi connectivity index (χ2v) is 5.31. The third-order valence-corrected chi connectivity index (χ3v) is 3.02. The number of halogens is 1. The molecule has 0 heterocycles. The zero-order chi connectivity index (χ0) is 14.5. The van der Waals surface area contributed by atoms with Gasteiger partial charge in [0.1, 0.15) is 0 Å². The molecule has 0 saturated carbocycles. The van der Waals surface area contributed by atoms with Crippen molar-refractivity contribution in [3.05, 3.63) is 53.6 Å². The van der Waals surface area contributed by atoms with Crippen LogP contribution in [-0.4, -0.2) is 31.4 Å². The maximum atomic E-state index is 11.7. The van der Waals surface area contributed by atoms with Crippen molar-refractivity contribution in [2.75, 3.05) is 26.0 Å². The van der Waals surface area contributed by atoms with Crippen molar-refractivity contribution >= 4 is 23.2 Å². The summed E-state index contributed by atoms with van der Waals surface area (Å²) in [6, 6.07) is 15.4. The van der Waals surface area contributed by atoms with Crippen LogP contribution in [0.25, 0.3) is 11.1 Å². The number of nitrogens with one attached hydrogen (secondary N) is 1. The zero-order valence-electron chi connectivity index (χ0n) is 11.6. The standard InChI is InChI=1S/C16H17ClN2O/c1-19(2)11-16(20)18-15-8-6-12(7-9-15)13-4-3-5-14(17)10-13/h3-10H,11H2,1-2H3,(H,18,20). The lowest BCUT2D eigenvalue weighted by atomic mass is 10.1. The number of likely N-dealkylation sites (N-methyl/N-ethyl adjacent to an activating group) is 1. The molecule has 0 bridgehead atoms. The topological polar surface area (TPSA) is 32.3 Å². The fraction of sp³-hybridized carbons (Fsp3) is 0.188. The molecule has 3 nitrogen and oxygen atoms in total. The predicted octanol–water partition coefficient (Wildman–Crippen LogP) is 3.51. The highest BCUT2D eigenvalue weighted by molar-refractivity contribution is 6.30. The molecule has 0 fully saturated rings. The van der Waals surface area contributed by atoms with Gasteiger partial charge in [-0.3, -0.25) is 4.79 Å². The van der Waals surface area contributed by atoms with Gasteiger partial charge >= 0.3 is 0 Å². The van der Waals surface area contributed by atoms with Crippen molar-refractivity contribution in [1.29, 1.82) is 0 Å². The van der Waals surface area contributed by atoms with E-state index < -0.39 is 0 Å². The summed E-state index contributed by atoms with van der Waals surface area (Å²) in [4.78, 5) is 13.5. The summed E-state index contributed by atoms with van der Waals surface area (Å²) < 4.78 is 0. The lowest BCUT2D eigenvalue weighted by molar-refractivity contribution is -0.116. The van der Waals surface area contributed by atoms with Crippen LogP contribution in [0.1, 0.15) is 0 Å². The first-order chi connectivity index (χ1) is 9.54. The fourth-order valence-electron chi connectivity index (χ4n) is 1.90. The molecule has 0 aromatic heterocycles. The quantitative estimate of drug-likeness (QED) is 0.934. The first-order valence-corrected chi connectivity index (χ1v) is 6.73. The van der Waals surface area contributed by atoms with Gasteiger partial charge in [0, 0.05) is 10.7 Å². The second kappa shape index (κ2) is 6.55. The Morgan fingerprint density at radius 3 is 2.40 bits per heavy atom. The largest absolute Gasteiger partial charge is 0.325 e. The SMILES string of the molecule is CN(C)CC(=O)Nc1ccc(-c2cccc(Cl)c2)cc1. The van der Waals surface area contributed by atoms with Crippen LogP contribution in [0.3, 0.4) is 0 Å². The van der Waals surface area contributed by atoms with Crippen molar-refractivity contribution in [2.45, 2.75) is 0 Å². The van der Waals surface area contributed by atoms with Crippen LogP contribution in [0.15, 0.2) is 48.5 Å². The van der Waals surface area contributed by atoms with Gasteiger partial charge in [0.15, 0.2) is 0 Å². The molecule has 2 aromatic carbocycles. The van der Waals surface area contributed by atoms with Gasteiger partial charge in [0.25, 0.3) is 0 Å². The molecule has 2 rings (SSSR count). The van der Waals surface area contributed by atoms with Gasteiger partial charge in [-0.15, -0.1) is 0 Å². The number of hydrogen-bond donors (Lipinski definition) is 1. The van der Waals surface area contributed by atoms with Crippen molar-refractivity contribution in [1.82, 2.24) is 4.90 Å². The van der Waals surface area contributed by atoms with E-state index in [0.29, 0.717) is 11.6 Å². The Labute approximate surface area is 124 Å². The third-order valence-electron chi connectivity index (χ3n) is 2.79. The minimum atomic E-state index is -0.0227. The molecule has 0 spiro atoms. The average molecular weight is 289 g/mol. The molecule has 104 valence electrons. The van der Waals surface area contributed by atoms with Crippen LogP contribution < -0.4 is 5.32 Å². The van der Waals surface area contributed by atoms with Crippen molar-refractivity contribution in [3.8, 4) is 11.1 Å². The summed E-state index contributed by atoms with van der Waals surface area (Å²) in [5.41, 5.74) is 2.92. The smallest absolute Gasteiger partial charge is 0.238 e. The van der Waals surface area contributed by atoms with Crippen LogP contribution in [-0.2, 0) is 4.79 Å². The molecule has 2 aromatic rings. The third kappa shape index (κ3) is 4.08. The monoisotopic (exact) mass is 288 g/mol. The van der Waals surface area contributed by atoms with Crippen LogP contribution in [0, 0.1) is 0 Å². The molecule has 1 N–H and O–H groups in total. The number of anilines is 1. The number of amides is 1. The van der Waals surface area contributed by atoms with Gasteiger partial charge in [-0.1, -0.05) is 35.9 Å². The molecular weight excluding hydrogens is 272 g/mol. The Balaban J connectivity index is 2.08. The van der Waals surface area contributed by atoms with E-state index in [9.17, 15) is 4.79 Å². The van der Waals surface area contributed by atoms with Gasteiger partial charge in [-0.25, -0.2) is 0 Å². The van der Waals surface area contributed by atoms with E-state index in [1.165, 1.54) is 0 Å². The van der Waals surface area contributed by atoms with Crippen molar-refractivity contribution in [3.63, 3.8) is 0 Å². The lowest BCUT2D eigenvalue weighted by Gasteiger charge is -2.10. The minimum Gasteiger partial charge on any atom is -0.325 e. The molecule has 4 heteroatoms. The number of benzene rings is 2. The van der Waals surface area contributed by atoms with Gasteiger partial charge in [-0.05, 0) is 49.5 Å². The molecule has 0 aliphatic carbocycles. The molecule has 1 amide bonds. The Hall–Kier alpha value is -1.84. The van der Waals surface area contributed by atoms with Crippen LogP contribution in [0.2, 0.25) is 5.02 Å². The zero-order valence-corrected chi connectivity index (χ0v) is 12.3. The molecule has 0 radical (unpaired) electrons. The summed E-state index contributed by atoms with van der Waals surface area (Å²) in [6.45, 7) is 0.371. The van der Waals surface area contributed by atoms with Gasteiger partial charge < -0.3 is 10.2 Å². The van der Waals surface area contributed by atoms with Gasteiger partial charge in [-0.2, -0.15) is 0 Å². The van der Waals surface area contributed by atoms with Crippen LogP contribution >= 0.6 is 11.6 Å². The molecule has 0 unspecified atom stereocenters. The number of carbonyl (C=O) groups is 1. The van der Waals surface area contributed by atoms with Crippen LogP contribution in [0.5, 0.6) is 0 Å². The van der Waals surface area contributed by atoms with E-state index in [2.05, 4.69) is 5.32 Å². The first kappa shape index (κ1) is 14.6. The lowest BCUT2D eigenvalue weighted by Crippen LogP contribution is -2.26. The Morgan fingerprint density at radius 2 is 1.80 bits per heavy atom. The Bertz CT molecular complexity index is 594. The minimum absolute atomic E-state index is 0.0227. The molecule has 0 atom stereocenters. The molecule has 0 aliphatic rings. The Kier molecular flexibility index (Phi) is 4.77. The second-order valence-electron chi connectivity index (χ2n) is 4.87. The maximum Gasteiger partial charge on any atom is 0.238 e. The van der Waals surface area contributed by atoms with E-state index >= 15 is 0 Å². The van der Waals surface area contributed by atoms with Crippen LogP contribution in [0.4, 0.5) is 5.69 Å². The van der Waals surface area contributed by atoms with E-state index in [1.54, 1.807) is 0 Å². The highest BCUT2D eigenvalue weighted by Crippen LogP contribution is 2.24. The summed E-state index contributed by atoms with van der Waals surface area (Å²) in [5, 5.41) is 3.57. The number of carbonyl (C=O) groups excluding carboxylic acids is 1. The molecular formula is C16H17ClN2O. The van der Waals surface area contributed by atoms with Crippen molar-refractivity contribution in [2.24, 2.45) is 0 Å². The highest BCUT2D eigenvalue weighted by atomic mass is 35.5. The van der Waals surface area contributed by atoms with E-state index in [1.807, 2.05) is 67.5 Å². The number of hydrogen-bond acceptors (Lipinski definition) is 2. The number of rotatable bonds is 4. The first-order valence-electron chi connectivity index (χ1n) is 6.35. The normalized spacial score (nSPS) is 10.6. The highest BCUT2D eigenvalue weighted by Gasteiger charge is 2.04. The van der Waals surface area contributed by atoms with Gasteiger partial charge in [0.2, 0.25) is 5.91 Å². The predicted molar refractivity (Wildman–Crippen MR) is 84.1 cm³/mol. The Morgan fingerprint density at radius 1 is 1.10 bits per heavy atom. The summed E-state index contributed by atoms with van der Waals surface area (Å²) in [7, 11) is 3.73. The summed E-state index contributed by atoms with van der Waals surface area (Å²) in [5.74, 6) is -0.0227. The van der Waals surface area contributed by atoms with E-state index in [0.717, 1.165) is 16.8 Å². The maximum absolute atomic E-state index is 11.7. The number of nitrogens with zero attached hydrogens (tertiary/aromatic N) is 1. The molecule has 0 saturated heterocycles. The molecule has 0 aliphatic heterocycles. The van der Waals surface area contributed by atoms with Crippen molar-refractivity contribution < 1.29 is 4.79 Å². The fourth-order valence-corrected chi connectivity index (χ4v) is 2.09. The average Bonchev–Trinajstić information content (AvgIpc) is 2.38. The summed E-state index contributed by atoms with van der Waals surface area (Å²) in [6.07, 6.45) is 0. The molecule has 20 heavy (non-hydrogen) atoms.